The van der Waals surface area contributed by atoms with E-state index in [0.29, 0.717) is 19.0 Å². The van der Waals surface area contributed by atoms with Crippen molar-refractivity contribution in [3.05, 3.63) is 71.8 Å². The van der Waals surface area contributed by atoms with Crippen LogP contribution in [0.25, 0.3) is 0 Å². The molecule has 0 atom stereocenters. The van der Waals surface area contributed by atoms with Crippen LogP contribution < -0.4 is 0 Å². The first-order chi connectivity index (χ1) is 10.7. The van der Waals surface area contributed by atoms with E-state index in [4.69, 9.17) is 5.26 Å². The molecule has 112 valence electrons. The zero-order chi connectivity index (χ0) is 15.8. The minimum absolute atomic E-state index is 0.662. The van der Waals surface area contributed by atoms with Crippen LogP contribution >= 0.6 is 0 Å². The molecule has 2 rings (SSSR count). The summed E-state index contributed by atoms with van der Waals surface area (Å²) in [5.74, 6) is 0.662. The molecule has 0 aromatic heterocycles. The minimum Gasteiger partial charge on any atom is -0.348 e. The second-order valence-electron chi connectivity index (χ2n) is 5.23. The Labute approximate surface area is 131 Å². The number of hydrogen-bond acceptors (Lipinski definition) is 2. The van der Waals surface area contributed by atoms with Gasteiger partial charge in [-0.1, -0.05) is 60.7 Å². The normalized spacial score (nSPS) is 10.9. The van der Waals surface area contributed by atoms with Crippen LogP contribution in [0.3, 0.4) is 0 Å². The third-order valence-corrected chi connectivity index (χ3v) is 3.27. The zero-order valence-electron chi connectivity index (χ0n) is 13.0. The molecule has 0 fully saturated rings. The third kappa shape index (κ3) is 4.35. The average molecular weight is 292 g/mol. The Balaban J connectivity index is 2.27. The van der Waals surface area contributed by atoms with Crippen molar-refractivity contribution in [2.75, 3.05) is 14.1 Å². The molecule has 0 spiro atoms. The highest BCUT2D eigenvalue weighted by molar-refractivity contribution is 5.80. The Bertz CT molecular complexity index is 600. The SMILES string of the molecule is CN(C)C(=NC#N)N(Cc1ccccc1)Cc1ccccc1. The summed E-state index contributed by atoms with van der Waals surface area (Å²) in [7, 11) is 3.80. The number of aliphatic imine (C=N–C) groups is 1. The first kappa shape index (κ1) is 15.6. The second-order valence-corrected chi connectivity index (χ2v) is 5.23. The van der Waals surface area contributed by atoms with Gasteiger partial charge in [-0.3, -0.25) is 0 Å². The number of hydrogen-bond donors (Lipinski definition) is 0. The van der Waals surface area contributed by atoms with Crippen molar-refractivity contribution in [3.8, 4) is 6.19 Å². The van der Waals surface area contributed by atoms with Gasteiger partial charge in [0.2, 0.25) is 12.2 Å². The summed E-state index contributed by atoms with van der Waals surface area (Å²) in [5, 5.41) is 8.98. The van der Waals surface area contributed by atoms with Crippen molar-refractivity contribution >= 4 is 5.96 Å². The van der Waals surface area contributed by atoms with Gasteiger partial charge in [-0.15, -0.1) is 4.99 Å². The van der Waals surface area contributed by atoms with Crippen LogP contribution in [0, 0.1) is 11.5 Å². The summed E-state index contributed by atoms with van der Waals surface area (Å²) < 4.78 is 0. The van der Waals surface area contributed by atoms with Gasteiger partial charge in [-0.05, 0) is 11.1 Å². The van der Waals surface area contributed by atoms with Gasteiger partial charge >= 0.3 is 0 Å². The van der Waals surface area contributed by atoms with Crippen LogP contribution in [0.15, 0.2) is 65.7 Å². The first-order valence-electron chi connectivity index (χ1n) is 7.17. The molecule has 0 heterocycles. The monoisotopic (exact) mass is 292 g/mol. The smallest absolute Gasteiger partial charge is 0.212 e. The number of guanidine groups is 1. The van der Waals surface area contributed by atoms with Gasteiger partial charge in [0.1, 0.15) is 0 Å². The topological polar surface area (TPSA) is 42.6 Å². The summed E-state index contributed by atoms with van der Waals surface area (Å²) in [5.41, 5.74) is 2.37. The third-order valence-electron chi connectivity index (χ3n) is 3.27. The summed E-state index contributed by atoms with van der Waals surface area (Å²) in [6.07, 6.45) is 1.91. The maximum atomic E-state index is 8.98. The molecule has 0 aliphatic carbocycles. The molecule has 0 amide bonds. The molecule has 0 aliphatic rings. The van der Waals surface area contributed by atoms with Crippen molar-refractivity contribution in [1.82, 2.24) is 9.80 Å². The zero-order valence-corrected chi connectivity index (χ0v) is 13.0. The highest BCUT2D eigenvalue weighted by atomic mass is 15.4. The lowest BCUT2D eigenvalue weighted by molar-refractivity contribution is 0.353. The lowest BCUT2D eigenvalue weighted by Gasteiger charge is -2.29. The van der Waals surface area contributed by atoms with Gasteiger partial charge < -0.3 is 9.80 Å². The van der Waals surface area contributed by atoms with Crippen molar-refractivity contribution in [3.63, 3.8) is 0 Å². The summed E-state index contributed by atoms with van der Waals surface area (Å²) in [6.45, 7) is 1.41. The van der Waals surface area contributed by atoms with Crippen molar-refractivity contribution in [2.45, 2.75) is 13.1 Å². The molecule has 0 radical (unpaired) electrons. The molecular weight excluding hydrogens is 272 g/mol. The summed E-state index contributed by atoms with van der Waals surface area (Å²) in [6, 6.07) is 20.4. The predicted octanol–water partition coefficient (Wildman–Crippen LogP) is 3.09. The fourth-order valence-electron chi connectivity index (χ4n) is 2.30. The largest absolute Gasteiger partial charge is 0.348 e. The number of nitrogens with zero attached hydrogens (tertiary/aromatic N) is 4. The van der Waals surface area contributed by atoms with Crippen LogP contribution in [0.5, 0.6) is 0 Å². The molecule has 0 N–H and O–H groups in total. The minimum atomic E-state index is 0.662. The molecule has 0 aliphatic heterocycles. The second kappa shape index (κ2) is 7.84. The predicted molar refractivity (Wildman–Crippen MR) is 88.9 cm³/mol. The van der Waals surface area contributed by atoms with E-state index in [1.807, 2.05) is 61.6 Å². The van der Waals surface area contributed by atoms with Gasteiger partial charge in [0, 0.05) is 27.2 Å². The standard InChI is InChI=1S/C18H20N4/c1-21(2)18(20-15-19)22(13-16-9-5-3-6-10-16)14-17-11-7-4-8-12-17/h3-12H,13-14H2,1-2H3. The van der Waals surface area contributed by atoms with Gasteiger partial charge in [0.05, 0.1) is 0 Å². The van der Waals surface area contributed by atoms with Crippen LogP contribution in [0.4, 0.5) is 0 Å². The first-order valence-corrected chi connectivity index (χ1v) is 7.17. The van der Waals surface area contributed by atoms with Crippen LogP contribution in [-0.2, 0) is 13.1 Å². The van der Waals surface area contributed by atoms with Crippen LogP contribution in [-0.4, -0.2) is 29.9 Å². The highest BCUT2D eigenvalue weighted by Crippen LogP contribution is 2.12. The fraction of sp³-hybridized carbons (Fsp3) is 0.222. The molecule has 0 unspecified atom stereocenters. The Kier molecular flexibility index (Phi) is 5.56. The van der Waals surface area contributed by atoms with Gasteiger partial charge in [-0.25, -0.2) is 0 Å². The summed E-state index contributed by atoms with van der Waals surface area (Å²) in [4.78, 5) is 7.97. The number of rotatable bonds is 4. The number of benzene rings is 2. The van der Waals surface area contributed by atoms with Crippen LogP contribution in [0.2, 0.25) is 0 Å². The van der Waals surface area contributed by atoms with E-state index in [9.17, 15) is 0 Å². The molecule has 4 nitrogen and oxygen atoms in total. The van der Waals surface area contributed by atoms with Crippen LogP contribution in [0.1, 0.15) is 11.1 Å². The van der Waals surface area contributed by atoms with E-state index in [0.717, 1.165) is 0 Å². The Morgan fingerprint density at radius 1 is 0.909 bits per heavy atom. The molecule has 22 heavy (non-hydrogen) atoms. The van der Waals surface area contributed by atoms with Gasteiger partial charge in [0.25, 0.3) is 0 Å². The molecule has 2 aromatic rings. The van der Waals surface area contributed by atoms with E-state index in [1.54, 1.807) is 0 Å². The van der Waals surface area contributed by atoms with E-state index < -0.39 is 0 Å². The van der Waals surface area contributed by atoms with Crippen molar-refractivity contribution in [1.29, 1.82) is 5.26 Å². The van der Waals surface area contributed by atoms with E-state index in [-0.39, 0.29) is 0 Å². The Morgan fingerprint density at radius 2 is 1.36 bits per heavy atom. The van der Waals surface area contributed by atoms with Crippen molar-refractivity contribution in [2.24, 2.45) is 4.99 Å². The molecule has 0 saturated carbocycles. The highest BCUT2D eigenvalue weighted by Gasteiger charge is 2.15. The molecule has 2 aromatic carbocycles. The molecule has 0 bridgehead atoms. The lowest BCUT2D eigenvalue weighted by Crippen LogP contribution is -2.39. The maximum absolute atomic E-state index is 8.98. The Morgan fingerprint density at radius 3 is 1.73 bits per heavy atom. The summed E-state index contributed by atoms with van der Waals surface area (Å²) >= 11 is 0. The van der Waals surface area contributed by atoms with E-state index >= 15 is 0 Å². The Hall–Kier alpha value is -2.80. The average Bonchev–Trinajstić information content (AvgIpc) is 2.54. The van der Waals surface area contributed by atoms with E-state index in [2.05, 4.69) is 34.2 Å². The lowest BCUT2D eigenvalue weighted by atomic mass is 10.2. The maximum Gasteiger partial charge on any atom is 0.212 e. The molecule has 0 saturated heterocycles. The van der Waals surface area contributed by atoms with E-state index in [1.165, 1.54) is 11.1 Å². The fourth-order valence-corrected chi connectivity index (χ4v) is 2.30. The quantitative estimate of drug-likeness (QED) is 0.494. The van der Waals surface area contributed by atoms with Crippen molar-refractivity contribution < 1.29 is 0 Å². The molecule has 4 heteroatoms. The number of nitriles is 1. The van der Waals surface area contributed by atoms with Gasteiger partial charge in [0.15, 0.2) is 0 Å². The van der Waals surface area contributed by atoms with Gasteiger partial charge in [-0.2, -0.15) is 5.26 Å². The molecular formula is C18H20N4.